The molecule has 1 aromatic carbocycles. The van der Waals surface area contributed by atoms with Crippen LogP contribution in [0.25, 0.3) is 0 Å². The van der Waals surface area contributed by atoms with E-state index in [0.29, 0.717) is 22.9 Å². The van der Waals surface area contributed by atoms with E-state index < -0.39 is 0 Å². The second-order valence-electron chi connectivity index (χ2n) is 3.24. The Labute approximate surface area is 103 Å². The van der Waals surface area contributed by atoms with E-state index in [9.17, 15) is 9.59 Å². The van der Waals surface area contributed by atoms with Gasteiger partial charge in [0.1, 0.15) is 6.29 Å². The number of aldehydes is 1. The zero-order chi connectivity index (χ0) is 12.0. The van der Waals surface area contributed by atoms with Crippen molar-refractivity contribution in [3.05, 3.63) is 47.0 Å². The highest BCUT2D eigenvalue weighted by Gasteiger charge is 2.14. The van der Waals surface area contributed by atoms with Crippen LogP contribution in [0.3, 0.4) is 0 Å². The molecule has 1 amide bonds. The third-order valence-corrected chi connectivity index (χ3v) is 2.22. The normalized spacial score (nSPS) is 9.56. The topological polar surface area (TPSA) is 37.4 Å². The van der Waals surface area contributed by atoms with Gasteiger partial charge in [0.25, 0.3) is 5.91 Å². The highest BCUT2D eigenvalue weighted by atomic mass is 79.9. The van der Waals surface area contributed by atoms with Crippen molar-refractivity contribution in [2.75, 3.05) is 13.1 Å². The number of hydrogen-bond acceptors (Lipinski definition) is 2. The summed E-state index contributed by atoms with van der Waals surface area (Å²) < 4.78 is 0.665. The van der Waals surface area contributed by atoms with E-state index in [2.05, 4.69) is 22.5 Å². The van der Waals surface area contributed by atoms with E-state index in [1.165, 1.54) is 4.90 Å². The molecule has 16 heavy (non-hydrogen) atoms. The van der Waals surface area contributed by atoms with Gasteiger partial charge in [0, 0.05) is 10.0 Å². The van der Waals surface area contributed by atoms with Gasteiger partial charge in [0.05, 0.1) is 13.1 Å². The van der Waals surface area contributed by atoms with E-state index in [4.69, 9.17) is 0 Å². The van der Waals surface area contributed by atoms with Crippen molar-refractivity contribution in [1.82, 2.24) is 4.90 Å². The number of carbonyl (C=O) groups is 2. The summed E-state index contributed by atoms with van der Waals surface area (Å²) in [6.07, 6.45) is 0.705. The first-order valence-electron chi connectivity index (χ1n) is 4.76. The molecule has 3 nitrogen and oxygen atoms in total. The summed E-state index contributed by atoms with van der Waals surface area (Å²) in [6.45, 7) is 4.05. The second kappa shape index (κ2) is 6.23. The van der Waals surface area contributed by atoms with E-state index in [0.717, 1.165) is 0 Å². The van der Waals surface area contributed by atoms with E-state index in [1.807, 2.05) is 6.07 Å². The van der Waals surface area contributed by atoms with Gasteiger partial charge in [-0.15, -0.1) is 0 Å². The lowest BCUT2D eigenvalue weighted by molar-refractivity contribution is -0.108. The average Bonchev–Trinajstić information content (AvgIpc) is 2.28. The SMILES string of the molecule is C=C(Br)CN(CC=O)C(=O)c1ccccc1. The molecule has 0 unspecified atom stereocenters. The summed E-state index contributed by atoms with van der Waals surface area (Å²) in [4.78, 5) is 23.9. The molecule has 1 rings (SSSR count). The predicted octanol–water partition coefficient (Wildman–Crippen LogP) is 2.24. The Balaban J connectivity index is 2.82. The molecule has 0 radical (unpaired) electrons. The van der Waals surface area contributed by atoms with Gasteiger partial charge < -0.3 is 9.69 Å². The van der Waals surface area contributed by atoms with Crippen LogP contribution in [0.4, 0.5) is 0 Å². The molecule has 0 aromatic heterocycles. The minimum absolute atomic E-state index is 0.0678. The van der Waals surface area contributed by atoms with Crippen LogP contribution in [0.5, 0.6) is 0 Å². The molecule has 0 heterocycles. The van der Waals surface area contributed by atoms with Crippen molar-refractivity contribution < 1.29 is 9.59 Å². The maximum Gasteiger partial charge on any atom is 0.254 e. The molecule has 0 fully saturated rings. The van der Waals surface area contributed by atoms with Crippen molar-refractivity contribution in [3.8, 4) is 0 Å². The van der Waals surface area contributed by atoms with E-state index in [1.54, 1.807) is 24.3 Å². The van der Waals surface area contributed by atoms with Crippen LogP contribution in [-0.2, 0) is 4.79 Å². The molecule has 0 saturated carbocycles. The van der Waals surface area contributed by atoms with Crippen molar-refractivity contribution in [2.45, 2.75) is 0 Å². The standard InChI is InChI=1S/C12H12BrNO2/c1-10(13)9-14(7-8-15)12(16)11-5-3-2-4-6-11/h2-6,8H,1,7,9H2. The average molecular weight is 282 g/mol. The largest absolute Gasteiger partial charge is 0.327 e. The quantitative estimate of drug-likeness (QED) is 0.777. The molecule has 0 N–H and O–H groups in total. The molecule has 0 saturated heterocycles. The van der Waals surface area contributed by atoms with Gasteiger partial charge in [0.15, 0.2) is 0 Å². The van der Waals surface area contributed by atoms with Crippen LogP contribution in [0.15, 0.2) is 41.4 Å². The Morgan fingerprint density at radius 1 is 1.38 bits per heavy atom. The maximum atomic E-state index is 12.0. The first kappa shape index (κ1) is 12.6. The third-order valence-electron chi connectivity index (χ3n) is 1.97. The van der Waals surface area contributed by atoms with Crippen molar-refractivity contribution in [1.29, 1.82) is 0 Å². The Bertz CT molecular complexity index is 389. The molecular weight excluding hydrogens is 270 g/mol. The van der Waals surface area contributed by atoms with Gasteiger partial charge >= 0.3 is 0 Å². The lowest BCUT2D eigenvalue weighted by Crippen LogP contribution is -2.33. The third kappa shape index (κ3) is 3.62. The second-order valence-corrected chi connectivity index (χ2v) is 4.36. The molecule has 0 atom stereocenters. The molecule has 0 aliphatic carbocycles. The lowest BCUT2D eigenvalue weighted by atomic mass is 10.2. The van der Waals surface area contributed by atoms with Gasteiger partial charge in [-0.1, -0.05) is 40.7 Å². The Morgan fingerprint density at radius 2 is 2.00 bits per heavy atom. The van der Waals surface area contributed by atoms with Gasteiger partial charge in [0.2, 0.25) is 0 Å². The molecule has 0 bridgehead atoms. The fourth-order valence-corrected chi connectivity index (χ4v) is 1.58. The van der Waals surface area contributed by atoms with Gasteiger partial charge in [-0.25, -0.2) is 0 Å². The summed E-state index contributed by atoms with van der Waals surface area (Å²) in [7, 11) is 0. The zero-order valence-corrected chi connectivity index (χ0v) is 10.3. The molecule has 84 valence electrons. The van der Waals surface area contributed by atoms with Crippen LogP contribution in [0.1, 0.15) is 10.4 Å². The number of halogens is 1. The van der Waals surface area contributed by atoms with Crippen molar-refractivity contribution >= 4 is 28.1 Å². The molecular formula is C12H12BrNO2. The molecule has 0 aliphatic heterocycles. The highest BCUT2D eigenvalue weighted by Crippen LogP contribution is 2.09. The lowest BCUT2D eigenvalue weighted by Gasteiger charge is -2.19. The van der Waals surface area contributed by atoms with Crippen LogP contribution in [0, 0.1) is 0 Å². The number of benzene rings is 1. The van der Waals surface area contributed by atoms with Crippen molar-refractivity contribution in [3.63, 3.8) is 0 Å². The summed E-state index contributed by atoms with van der Waals surface area (Å²) in [5.74, 6) is -0.173. The molecule has 0 aliphatic rings. The van der Waals surface area contributed by atoms with Crippen molar-refractivity contribution in [2.24, 2.45) is 0 Å². The first-order valence-corrected chi connectivity index (χ1v) is 5.55. The molecule has 4 heteroatoms. The van der Waals surface area contributed by atoms with E-state index in [-0.39, 0.29) is 12.5 Å². The predicted molar refractivity (Wildman–Crippen MR) is 66.5 cm³/mol. The maximum absolute atomic E-state index is 12.0. The Hall–Kier alpha value is -1.42. The molecule has 0 spiro atoms. The fourth-order valence-electron chi connectivity index (χ4n) is 1.28. The minimum atomic E-state index is -0.173. The number of nitrogens with zero attached hydrogens (tertiary/aromatic N) is 1. The summed E-state index contributed by atoms with van der Waals surface area (Å²) in [5, 5.41) is 0. The van der Waals surface area contributed by atoms with Crippen LogP contribution < -0.4 is 0 Å². The van der Waals surface area contributed by atoms with Crippen LogP contribution >= 0.6 is 15.9 Å². The zero-order valence-electron chi connectivity index (χ0n) is 8.73. The van der Waals surface area contributed by atoms with E-state index >= 15 is 0 Å². The number of rotatable bonds is 5. The Morgan fingerprint density at radius 3 is 2.50 bits per heavy atom. The monoisotopic (exact) mass is 281 g/mol. The number of hydrogen-bond donors (Lipinski definition) is 0. The van der Waals surface area contributed by atoms with Crippen LogP contribution in [0.2, 0.25) is 0 Å². The summed E-state index contributed by atoms with van der Waals surface area (Å²) in [5.41, 5.74) is 0.568. The number of carbonyl (C=O) groups excluding carboxylic acids is 2. The highest BCUT2D eigenvalue weighted by molar-refractivity contribution is 9.11. The minimum Gasteiger partial charge on any atom is -0.327 e. The van der Waals surface area contributed by atoms with Gasteiger partial charge in [-0.05, 0) is 12.1 Å². The Kier molecular flexibility index (Phi) is 4.92. The van der Waals surface area contributed by atoms with Gasteiger partial charge in [-0.2, -0.15) is 0 Å². The smallest absolute Gasteiger partial charge is 0.254 e. The number of amides is 1. The first-order chi connectivity index (χ1) is 7.65. The summed E-state index contributed by atoms with van der Waals surface area (Å²) in [6, 6.07) is 8.85. The molecule has 1 aromatic rings. The van der Waals surface area contributed by atoms with Crippen LogP contribution in [-0.4, -0.2) is 30.2 Å². The van der Waals surface area contributed by atoms with Gasteiger partial charge in [-0.3, -0.25) is 4.79 Å². The fraction of sp³-hybridized carbons (Fsp3) is 0.167. The summed E-state index contributed by atoms with van der Waals surface area (Å²) >= 11 is 3.18.